The van der Waals surface area contributed by atoms with E-state index in [-0.39, 0.29) is 11.8 Å². The summed E-state index contributed by atoms with van der Waals surface area (Å²) in [6, 6.07) is 1.61. The molecular weight excluding hydrogens is 182 g/mol. The number of hydrogen-bond donors (Lipinski definition) is 2. The van der Waals surface area contributed by atoms with Crippen molar-refractivity contribution in [1.82, 2.24) is 10.2 Å². The predicted octanol–water partition coefficient (Wildman–Crippen LogP) is 0.820. The van der Waals surface area contributed by atoms with Crippen molar-refractivity contribution in [3.05, 3.63) is 11.8 Å². The van der Waals surface area contributed by atoms with Crippen LogP contribution in [0.25, 0.3) is 0 Å². The number of aromatic nitrogens is 2. The lowest BCUT2D eigenvalue weighted by Crippen LogP contribution is -2.25. The molecule has 78 valence electrons. The van der Waals surface area contributed by atoms with Crippen LogP contribution in [0.2, 0.25) is 0 Å². The summed E-state index contributed by atoms with van der Waals surface area (Å²) in [5.41, 5.74) is 5.58. The molecule has 0 bridgehead atoms. The van der Waals surface area contributed by atoms with E-state index in [9.17, 15) is 4.79 Å². The summed E-state index contributed by atoms with van der Waals surface area (Å²) >= 11 is 0. The highest BCUT2D eigenvalue weighted by atomic mass is 16.5. The molecule has 0 aliphatic carbocycles. The van der Waals surface area contributed by atoms with Gasteiger partial charge in [-0.15, -0.1) is 5.10 Å². The highest BCUT2D eigenvalue weighted by Gasteiger charge is 2.24. The lowest BCUT2D eigenvalue weighted by Gasteiger charge is -2.14. The second-order valence-corrected chi connectivity index (χ2v) is 4.08. The minimum absolute atomic E-state index is 0.269. The maximum absolute atomic E-state index is 11.4. The molecule has 0 fully saturated rings. The molecule has 0 saturated carbocycles. The zero-order valence-corrected chi connectivity index (χ0v) is 8.63. The minimum atomic E-state index is -0.526. The van der Waals surface area contributed by atoms with Gasteiger partial charge in [0.25, 0.3) is 0 Å². The van der Waals surface area contributed by atoms with Crippen LogP contribution in [-0.4, -0.2) is 16.2 Å². The molecule has 0 radical (unpaired) electrons. The average molecular weight is 197 g/mol. The molecule has 0 atom stereocenters. The fourth-order valence-corrected chi connectivity index (χ4v) is 0.745. The zero-order valence-electron chi connectivity index (χ0n) is 8.63. The summed E-state index contributed by atoms with van der Waals surface area (Å²) in [7, 11) is 0. The van der Waals surface area contributed by atoms with Crippen molar-refractivity contribution >= 4 is 5.97 Å². The summed E-state index contributed by atoms with van der Waals surface area (Å²) in [4.78, 5) is 11.4. The second kappa shape index (κ2) is 3.79. The topological polar surface area (TPSA) is 81.0 Å². The van der Waals surface area contributed by atoms with Gasteiger partial charge in [0.2, 0.25) is 5.88 Å². The number of nitrogens with two attached hydrogens (primary N) is 1. The van der Waals surface area contributed by atoms with Gasteiger partial charge in [-0.1, -0.05) is 0 Å². The molecule has 5 nitrogen and oxygen atoms in total. The Hall–Kier alpha value is -1.36. The third-order valence-corrected chi connectivity index (χ3v) is 1.64. The van der Waals surface area contributed by atoms with E-state index in [1.165, 1.54) is 0 Å². The van der Waals surface area contributed by atoms with Crippen molar-refractivity contribution in [3.63, 3.8) is 0 Å². The molecule has 0 amide bonds. The molecule has 0 spiro atoms. The molecule has 0 unspecified atom stereocenters. The fraction of sp³-hybridized carbons (Fsp3) is 0.556. The number of H-pyrrole nitrogens is 1. The molecule has 1 rings (SSSR count). The first-order valence-corrected chi connectivity index (χ1v) is 4.40. The molecule has 3 N–H and O–H groups in total. The fourth-order valence-electron chi connectivity index (χ4n) is 0.745. The minimum Gasteiger partial charge on any atom is -0.405 e. The van der Waals surface area contributed by atoms with Crippen molar-refractivity contribution < 1.29 is 9.53 Å². The van der Waals surface area contributed by atoms with Gasteiger partial charge in [-0.2, -0.15) is 0 Å². The van der Waals surface area contributed by atoms with Gasteiger partial charge in [0.1, 0.15) is 0 Å². The highest BCUT2D eigenvalue weighted by Crippen LogP contribution is 2.17. The van der Waals surface area contributed by atoms with E-state index in [2.05, 4.69) is 10.2 Å². The van der Waals surface area contributed by atoms with Crippen molar-refractivity contribution in [1.29, 1.82) is 0 Å². The lowest BCUT2D eigenvalue weighted by atomic mass is 9.97. The number of aromatic amines is 1. The van der Waals surface area contributed by atoms with Gasteiger partial charge < -0.3 is 10.5 Å². The van der Waals surface area contributed by atoms with E-state index in [0.29, 0.717) is 6.54 Å². The Bertz CT molecular complexity index is 325. The predicted molar refractivity (Wildman–Crippen MR) is 51.6 cm³/mol. The maximum Gasteiger partial charge on any atom is 0.317 e. The van der Waals surface area contributed by atoms with Gasteiger partial charge in [0.15, 0.2) is 0 Å². The molecule has 1 aromatic heterocycles. The van der Waals surface area contributed by atoms with E-state index < -0.39 is 5.41 Å². The van der Waals surface area contributed by atoms with Gasteiger partial charge in [0, 0.05) is 12.6 Å². The van der Waals surface area contributed by atoms with Crippen molar-refractivity contribution in [3.8, 4) is 5.88 Å². The Morgan fingerprint density at radius 2 is 2.29 bits per heavy atom. The molecule has 14 heavy (non-hydrogen) atoms. The molecule has 1 aromatic rings. The van der Waals surface area contributed by atoms with E-state index in [0.717, 1.165) is 5.69 Å². The quantitative estimate of drug-likeness (QED) is 0.688. The maximum atomic E-state index is 11.4. The molecule has 1 heterocycles. The Kier molecular flexibility index (Phi) is 2.90. The number of carbonyl (C=O) groups excluding carboxylic acids is 1. The molecule has 0 saturated heterocycles. The van der Waals surface area contributed by atoms with E-state index in [1.54, 1.807) is 26.8 Å². The van der Waals surface area contributed by atoms with Crippen LogP contribution >= 0.6 is 0 Å². The summed E-state index contributed by atoms with van der Waals surface area (Å²) in [5, 5.41) is 6.45. The number of ether oxygens (including phenoxy) is 1. The Labute approximate surface area is 82.6 Å². The first-order chi connectivity index (χ1) is 6.43. The standard InChI is InChI=1S/C9H15N3O2/c1-9(2,3)8(13)14-7-4-6(5-10)11-12-7/h4H,5,10H2,1-3H3,(H,11,12). The third kappa shape index (κ3) is 2.56. The van der Waals surface area contributed by atoms with Crippen molar-refractivity contribution in [2.24, 2.45) is 11.1 Å². The monoisotopic (exact) mass is 197 g/mol. The van der Waals surface area contributed by atoms with Crippen LogP contribution in [0.1, 0.15) is 26.5 Å². The van der Waals surface area contributed by atoms with Gasteiger partial charge in [-0.25, -0.2) is 0 Å². The summed E-state index contributed by atoms with van der Waals surface area (Å²) in [6.07, 6.45) is 0. The number of hydrogen-bond acceptors (Lipinski definition) is 4. The molecule has 0 aromatic carbocycles. The number of esters is 1. The van der Waals surface area contributed by atoms with Crippen LogP contribution in [0.15, 0.2) is 6.07 Å². The number of rotatable bonds is 2. The first-order valence-electron chi connectivity index (χ1n) is 4.40. The van der Waals surface area contributed by atoms with Crippen LogP contribution < -0.4 is 10.5 Å². The smallest absolute Gasteiger partial charge is 0.317 e. The lowest BCUT2D eigenvalue weighted by molar-refractivity contribution is -0.143. The first kappa shape index (κ1) is 10.7. The van der Waals surface area contributed by atoms with Gasteiger partial charge in [0.05, 0.1) is 11.1 Å². The highest BCUT2D eigenvalue weighted by molar-refractivity contribution is 5.77. The van der Waals surface area contributed by atoms with Crippen LogP contribution in [0.4, 0.5) is 0 Å². The van der Waals surface area contributed by atoms with Crippen molar-refractivity contribution in [2.75, 3.05) is 0 Å². The third-order valence-electron chi connectivity index (χ3n) is 1.64. The number of nitrogens with zero attached hydrogens (tertiary/aromatic N) is 1. The summed E-state index contributed by atoms with van der Waals surface area (Å²) in [5.74, 6) is -0.0436. The second-order valence-electron chi connectivity index (χ2n) is 4.08. The van der Waals surface area contributed by atoms with E-state index in [4.69, 9.17) is 10.5 Å². The van der Waals surface area contributed by atoms with Crippen LogP contribution in [-0.2, 0) is 11.3 Å². The van der Waals surface area contributed by atoms with Gasteiger partial charge in [-0.05, 0) is 20.8 Å². The average Bonchev–Trinajstić information content (AvgIpc) is 2.50. The normalized spacial score (nSPS) is 11.4. The van der Waals surface area contributed by atoms with Gasteiger partial charge in [-0.3, -0.25) is 9.89 Å². The summed E-state index contributed by atoms with van der Waals surface area (Å²) < 4.78 is 5.02. The number of nitrogens with one attached hydrogen (secondary N) is 1. The molecule has 0 aliphatic heterocycles. The Balaban J connectivity index is 2.65. The van der Waals surface area contributed by atoms with Crippen LogP contribution in [0.3, 0.4) is 0 Å². The largest absolute Gasteiger partial charge is 0.405 e. The van der Waals surface area contributed by atoms with Crippen molar-refractivity contribution in [2.45, 2.75) is 27.3 Å². The molecule has 0 aliphatic rings. The molecule has 5 heteroatoms. The number of carbonyl (C=O) groups is 1. The Morgan fingerprint density at radius 1 is 1.64 bits per heavy atom. The van der Waals surface area contributed by atoms with Crippen LogP contribution in [0.5, 0.6) is 5.88 Å². The summed E-state index contributed by atoms with van der Waals surface area (Å²) in [6.45, 7) is 5.70. The zero-order chi connectivity index (χ0) is 10.8. The van der Waals surface area contributed by atoms with Gasteiger partial charge >= 0.3 is 5.97 Å². The van der Waals surface area contributed by atoms with Crippen LogP contribution in [0, 0.1) is 5.41 Å². The molecular formula is C9H15N3O2. The van der Waals surface area contributed by atoms with E-state index in [1.807, 2.05) is 0 Å². The SMILES string of the molecule is CC(C)(C)C(=O)Oc1cc(CN)[nH]n1. The van der Waals surface area contributed by atoms with E-state index >= 15 is 0 Å². The Morgan fingerprint density at radius 3 is 2.71 bits per heavy atom.